The SMILES string of the molecule is COc1ccc(-c2cc(C(=O)Nc3cc(Cl)ccc3F)c3ccccc3n2)cc1OC. The Kier molecular flexibility index (Phi) is 5.73. The van der Waals surface area contributed by atoms with Crippen LogP contribution in [-0.2, 0) is 0 Å². The highest BCUT2D eigenvalue weighted by Crippen LogP contribution is 2.33. The second-order valence-corrected chi connectivity index (χ2v) is 7.16. The molecule has 0 aliphatic heterocycles. The van der Waals surface area contributed by atoms with Crippen LogP contribution in [0, 0.1) is 5.82 Å². The summed E-state index contributed by atoms with van der Waals surface area (Å²) in [4.78, 5) is 17.8. The Bertz CT molecular complexity index is 1290. The first kappa shape index (κ1) is 20.6. The molecule has 1 aromatic heterocycles. The van der Waals surface area contributed by atoms with Crippen molar-refractivity contribution in [2.75, 3.05) is 19.5 Å². The minimum atomic E-state index is -0.573. The average Bonchev–Trinajstić information content (AvgIpc) is 2.80. The Labute approximate surface area is 183 Å². The van der Waals surface area contributed by atoms with E-state index >= 15 is 0 Å². The summed E-state index contributed by atoms with van der Waals surface area (Å²) in [6.45, 7) is 0. The third-order valence-corrected chi connectivity index (χ3v) is 5.05. The van der Waals surface area contributed by atoms with Crippen LogP contribution in [0.5, 0.6) is 11.5 Å². The van der Waals surface area contributed by atoms with E-state index in [0.29, 0.717) is 38.7 Å². The van der Waals surface area contributed by atoms with Gasteiger partial charge in [-0.25, -0.2) is 9.37 Å². The van der Waals surface area contributed by atoms with Gasteiger partial charge in [-0.1, -0.05) is 29.8 Å². The molecule has 0 unspecified atom stereocenters. The number of halogens is 2. The van der Waals surface area contributed by atoms with Gasteiger partial charge in [0.1, 0.15) is 5.82 Å². The fraction of sp³-hybridized carbons (Fsp3) is 0.0833. The fourth-order valence-corrected chi connectivity index (χ4v) is 3.46. The quantitative estimate of drug-likeness (QED) is 0.419. The summed E-state index contributed by atoms with van der Waals surface area (Å²) in [5.74, 6) is 0.0844. The van der Waals surface area contributed by atoms with Crippen molar-refractivity contribution >= 4 is 34.1 Å². The highest BCUT2D eigenvalue weighted by molar-refractivity contribution is 6.31. The second-order valence-electron chi connectivity index (χ2n) is 6.72. The first-order valence-electron chi connectivity index (χ1n) is 9.38. The number of nitrogens with one attached hydrogen (secondary N) is 1. The van der Waals surface area contributed by atoms with Crippen molar-refractivity contribution in [3.63, 3.8) is 0 Å². The summed E-state index contributed by atoms with van der Waals surface area (Å²) in [5, 5.41) is 3.57. The molecule has 0 atom stereocenters. The van der Waals surface area contributed by atoms with E-state index in [9.17, 15) is 9.18 Å². The maximum Gasteiger partial charge on any atom is 0.256 e. The number of ether oxygens (including phenoxy) is 2. The van der Waals surface area contributed by atoms with Crippen molar-refractivity contribution in [1.82, 2.24) is 4.98 Å². The van der Waals surface area contributed by atoms with Crippen LogP contribution in [0.1, 0.15) is 10.4 Å². The number of carbonyl (C=O) groups is 1. The number of anilines is 1. The number of pyridine rings is 1. The topological polar surface area (TPSA) is 60.5 Å². The van der Waals surface area contributed by atoms with Crippen LogP contribution < -0.4 is 14.8 Å². The maximum absolute atomic E-state index is 14.1. The molecule has 0 saturated heterocycles. The van der Waals surface area contributed by atoms with Gasteiger partial charge >= 0.3 is 0 Å². The predicted molar refractivity (Wildman–Crippen MR) is 120 cm³/mol. The van der Waals surface area contributed by atoms with E-state index in [1.165, 1.54) is 18.2 Å². The number of rotatable bonds is 5. The molecule has 0 aliphatic rings. The van der Waals surface area contributed by atoms with Crippen molar-refractivity contribution in [2.24, 2.45) is 0 Å². The average molecular weight is 437 g/mol. The Morgan fingerprint density at radius 2 is 1.74 bits per heavy atom. The fourth-order valence-electron chi connectivity index (χ4n) is 3.29. The zero-order chi connectivity index (χ0) is 22.0. The Balaban J connectivity index is 1.82. The molecule has 0 saturated carbocycles. The van der Waals surface area contributed by atoms with Crippen LogP contribution in [0.25, 0.3) is 22.2 Å². The van der Waals surface area contributed by atoms with Crippen LogP contribution in [0.2, 0.25) is 5.02 Å². The first-order valence-corrected chi connectivity index (χ1v) is 9.76. The van der Waals surface area contributed by atoms with Crippen LogP contribution >= 0.6 is 11.6 Å². The Hall–Kier alpha value is -3.64. The number of hydrogen-bond donors (Lipinski definition) is 1. The number of nitrogens with zero attached hydrogens (tertiary/aromatic N) is 1. The number of amides is 1. The van der Waals surface area contributed by atoms with E-state index in [1.54, 1.807) is 38.5 Å². The Morgan fingerprint density at radius 3 is 2.52 bits per heavy atom. The van der Waals surface area contributed by atoms with Crippen LogP contribution in [-0.4, -0.2) is 25.1 Å². The van der Waals surface area contributed by atoms with E-state index in [1.807, 2.05) is 24.3 Å². The van der Waals surface area contributed by atoms with E-state index in [0.717, 1.165) is 5.56 Å². The first-order chi connectivity index (χ1) is 15.0. The Morgan fingerprint density at radius 1 is 0.968 bits per heavy atom. The summed E-state index contributed by atoms with van der Waals surface area (Å²) in [6, 6.07) is 18.3. The molecule has 156 valence electrons. The third-order valence-electron chi connectivity index (χ3n) is 4.82. The molecule has 5 nitrogen and oxygen atoms in total. The minimum Gasteiger partial charge on any atom is -0.493 e. The molecule has 0 bridgehead atoms. The zero-order valence-electron chi connectivity index (χ0n) is 16.8. The van der Waals surface area contributed by atoms with Gasteiger partial charge in [-0.05, 0) is 48.5 Å². The number of para-hydroxylation sites is 1. The van der Waals surface area contributed by atoms with Gasteiger partial charge in [0, 0.05) is 16.0 Å². The number of fused-ring (bicyclic) bond motifs is 1. The number of carbonyl (C=O) groups excluding carboxylic acids is 1. The molecule has 0 aliphatic carbocycles. The van der Waals surface area contributed by atoms with E-state index in [2.05, 4.69) is 10.3 Å². The maximum atomic E-state index is 14.1. The van der Waals surface area contributed by atoms with Gasteiger partial charge in [0.05, 0.1) is 36.7 Å². The highest BCUT2D eigenvalue weighted by Gasteiger charge is 2.17. The van der Waals surface area contributed by atoms with Gasteiger partial charge in [-0.2, -0.15) is 0 Å². The van der Waals surface area contributed by atoms with Crippen molar-refractivity contribution < 1.29 is 18.7 Å². The summed E-state index contributed by atoms with van der Waals surface area (Å²) in [7, 11) is 3.11. The van der Waals surface area contributed by atoms with Crippen LogP contribution in [0.15, 0.2) is 66.7 Å². The standard InChI is InChI=1S/C24H18ClFN2O3/c1-30-22-10-7-14(11-23(22)31-2)20-13-17(16-5-3-4-6-19(16)27-20)24(29)28-21-12-15(25)8-9-18(21)26/h3-13H,1-2H3,(H,28,29). The number of methoxy groups -OCH3 is 2. The van der Waals surface area contributed by atoms with Gasteiger partial charge in [0.25, 0.3) is 5.91 Å². The molecule has 7 heteroatoms. The zero-order valence-corrected chi connectivity index (χ0v) is 17.5. The molecule has 31 heavy (non-hydrogen) atoms. The second kappa shape index (κ2) is 8.62. The van der Waals surface area contributed by atoms with Gasteiger partial charge < -0.3 is 14.8 Å². The molecule has 0 radical (unpaired) electrons. The summed E-state index contributed by atoms with van der Waals surface area (Å²) in [6.07, 6.45) is 0. The molecule has 1 heterocycles. The molecule has 0 spiro atoms. The predicted octanol–water partition coefficient (Wildman–Crippen LogP) is 5.96. The molecular formula is C24H18ClFN2O3. The largest absolute Gasteiger partial charge is 0.493 e. The van der Waals surface area contributed by atoms with Gasteiger partial charge in [-0.15, -0.1) is 0 Å². The summed E-state index contributed by atoms with van der Waals surface area (Å²) < 4.78 is 24.8. The number of benzene rings is 3. The molecule has 1 amide bonds. The molecule has 1 N–H and O–H groups in total. The summed E-state index contributed by atoms with van der Waals surface area (Å²) in [5.41, 5.74) is 2.30. The lowest BCUT2D eigenvalue weighted by Gasteiger charge is -2.13. The van der Waals surface area contributed by atoms with Crippen molar-refractivity contribution in [3.8, 4) is 22.8 Å². The van der Waals surface area contributed by atoms with Crippen LogP contribution in [0.4, 0.5) is 10.1 Å². The lowest BCUT2D eigenvalue weighted by Crippen LogP contribution is -2.14. The molecule has 0 fully saturated rings. The van der Waals surface area contributed by atoms with E-state index in [-0.39, 0.29) is 5.69 Å². The number of aromatic nitrogens is 1. The summed E-state index contributed by atoms with van der Waals surface area (Å²) >= 11 is 5.95. The number of hydrogen-bond acceptors (Lipinski definition) is 4. The molecule has 3 aromatic carbocycles. The van der Waals surface area contributed by atoms with Crippen LogP contribution in [0.3, 0.4) is 0 Å². The third kappa shape index (κ3) is 4.15. The highest BCUT2D eigenvalue weighted by atomic mass is 35.5. The van der Waals surface area contributed by atoms with Crippen molar-refractivity contribution in [2.45, 2.75) is 0 Å². The van der Waals surface area contributed by atoms with E-state index in [4.69, 9.17) is 21.1 Å². The lowest BCUT2D eigenvalue weighted by atomic mass is 10.0. The monoisotopic (exact) mass is 436 g/mol. The molecule has 4 rings (SSSR count). The van der Waals surface area contributed by atoms with Gasteiger partial charge in [0.15, 0.2) is 11.5 Å². The molecule has 4 aromatic rings. The van der Waals surface area contributed by atoms with Crippen molar-refractivity contribution in [3.05, 3.63) is 83.1 Å². The van der Waals surface area contributed by atoms with Crippen molar-refractivity contribution in [1.29, 1.82) is 0 Å². The van der Waals surface area contributed by atoms with E-state index < -0.39 is 11.7 Å². The van der Waals surface area contributed by atoms with Gasteiger partial charge in [0.2, 0.25) is 0 Å². The lowest BCUT2D eigenvalue weighted by molar-refractivity contribution is 0.102. The smallest absolute Gasteiger partial charge is 0.256 e. The normalized spacial score (nSPS) is 10.7. The van der Waals surface area contributed by atoms with Gasteiger partial charge in [-0.3, -0.25) is 4.79 Å². The minimum absolute atomic E-state index is 0.00561. The molecular weight excluding hydrogens is 419 g/mol.